The lowest BCUT2D eigenvalue weighted by molar-refractivity contribution is 0.341. The zero-order valence-electron chi connectivity index (χ0n) is 9.97. The molecule has 2 heteroatoms. The minimum absolute atomic E-state index is 0.330. The number of rotatable bonds is 5. The summed E-state index contributed by atoms with van der Waals surface area (Å²) in [4.78, 5) is 2.97. The SMILES string of the molecule is CCc1ccc(CNC(C)(C)C2CC2)s1. The second kappa shape index (κ2) is 4.26. The molecule has 15 heavy (non-hydrogen) atoms. The molecular weight excluding hydrogens is 202 g/mol. The molecule has 1 aromatic rings. The Hall–Kier alpha value is -0.340. The van der Waals surface area contributed by atoms with Crippen LogP contribution in [0.25, 0.3) is 0 Å². The van der Waals surface area contributed by atoms with Crippen molar-refractivity contribution in [2.75, 3.05) is 0 Å². The third-order valence-corrected chi connectivity index (χ3v) is 4.61. The number of hydrogen-bond acceptors (Lipinski definition) is 2. The lowest BCUT2D eigenvalue weighted by Gasteiger charge is -2.25. The summed E-state index contributed by atoms with van der Waals surface area (Å²) in [7, 11) is 0. The van der Waals surface area contributed by atoms with Gasteiger partial charge in [-0.25, -0.2) is 0 Å². The van der Waals surface area contributed by atoms with Gasteiger partial charge in [-0.15, -0.1) is 11.3 Å². The first kappa shape index (κ1) is 11.2. The van der Waals surface area contributed by atoms with Crippen molar-refractivity contribution in [2.24, 2.45) is 5.92 Å². The van der Waals surface area contributed by atoms with Crippen LogP contribution in [0.5, 0.6) is 0 Å². The van der Waals surface area contributed by atoms with Crippen LogP contribution in [0, 0.1) is 5.92 Å². The minimum atomic E-state index is 0.330. The highest BCUT2D eigenvalue weighted by Crippen LogP contribution is 2.39. The Morgan fingerprint density at radius 3 is 2.53 bits per heavy atom. The first-order valence-corrected chi connectivity index (χ1v) is 6.76. The maximum Gasteiger partial charge on any atom is 0.0304 e. The Morgan fingerprint density at radius 1 is 1.33 bits per heavy atom. The van der Waals surface area contributed by atoms with Gasteiger partial charge in [-0.2, -0.15) is 0 Å². The van der Waals surface area contributed by atoms with Crippen LogP contribution in [-0.2, 0) is 13.0 Å². The predicted octanol–water partition coefficient (Wildman–Crippen LogP) is 3.59. The number of thiophene rings is 1. The van der Waals surface area contributed by atoms with Crippen LogP contribution in [0.2, 0.25) is 0 Å². The molecular formula is C13H21NS. The summed E-state index contributed by atoms with van der Waals surface area (Å²) in [6.07, 6.45) is 3.98. The first-order chi connectivity index (χ1) is 7.12. The van der Waals surface area contributed by atoms with Gasteiger partial charge in [0.1, 0.15) is 0 Å². The normalized spacial score (nSPS) is 17.0. The fraction of sp³-hybridized carbons (Fsp3) is 0.692. The molecule has 84 valence electrons. The smallest absolute Gasteiger partial charge is 0.0304 e. The summed E-state index contributed by atoms with van der Waals surface area (Å²) in [5, 5.41) is 3.69. The van der Waals surface area contributed by atoms with Crippen molar-refractivity contribution < 1.29 is 0 Å². The summed E-state index contributed by atoms with van der Waals surface area (Å²) >= 11 is 1.94. The molecule has 1 aliphatic carbocycles. The van der Waals surface area contributed by atoms with Gasteiger partial charge >= 0.3 is 0 Å². The van der Waals surface area contributed by atoms with Gasteiger partial charge in [-0.1, -0.05) is 6.92 Å². The predicted molar refractivity (Wildman–Crippen MR) is 67.3 cm³/mol. The molecule has 0 amide bonds. The van der Waals surface area contributed by atoms with E-state index in [1.54, 1.807) is 0 Å². The second-order valence-electron chi connectivity index (χ2n) is 5.07. The maximum absolute atomic E-state index is 3.69. The van der Waals surface area contributed by atoms with Gasteiger partial charge in [-0.3, -0.25) is 0 Å². The highest BCUT2D eigenvalue weighted by molar-refractivity contribution is 7.11. The molecule has 0 saturated heterocycles. The third kappa shape index (κ3) is 2.82. The fourth-order valence-corrected chi connectivity index (χ4v) is 2.87. The van der Waals surface area contributed by atoms with Gasteiger partial charge in [0.25, 0.3) is 0 Å². The van der Waals surface area contributed by atoms with E-state index >= 15 is 0 Å². The van der Waals surface area contributed by atoms with Crippen molar-refractivity contribution in [3.05, 3.63) is 21.9 Å². The van der Waals surface area contributed by atoms with Crippen molar-refractivity contribution in [3.63, 3.8) is 0 Å². The molecule has 2 rings (SSSR count). The average Bonchev–Trinajstić information content (AvgIpc) is 2.96. The molecule has 1 aliphatic rings. The number of hydrogen-bond donors (Lipinski definition) is 1. The van der Waals surface area contributed by atoms with E-state index in [0.717, 1.165) is 18.9 Å². The molecule has 1 aromatic heterocycles. The third-order valence-electron chi connectivity index (χ3n) is 3.38. The topological polar surface area (TPSA) is 12.0 Å². The van der Waals surface area contributed by atoms with Crippen LogP contribution in [0.15, 0.2) is 12.1 Å². The van der Waals surface area contributed by atoms with Crippen molar-refractivity contribution in [3.8, 4) is 0 Å². The van der Waals surface area contributed by atoms with E-state index in [4.69, 9.17) is 0 Å². The quantitative estimate of drug-likeness (QED) is 0.804. The van der Waals surface area contributed by atoms with Crippen LogP contribution >= 0.6 is 11.3 Å². The van der Waals surface area contributed by atoms with Gasteiger partial charge < -0.3 is 5.32 Å². The van der Waals surface area contributed by atoms with E-state index < -0.39 is 0 Å². The zero-order valence-corrected chi connectivity index (χ0v) is 10.8. The summed E-state index contributed by atoms with van der Waals surface area (Å²) in [5.74, 6) is 0.906. The van der Waals surface area contributed by atoms with Crippen LogP contribution in [0.4, 0.5) is 0 Å². The van der Waals surface area contributed by atoms with Crippen LogP contribution in [-0.4, -0.2) is 5.54 Å². The molecule has 1 N–H and O–H groups in total. The van der Waals surface area contributed by atoms with Gasteiger partial charge in [0, 0.05) is 21.8 Å². The van der Waals surface area contributed by atoms with Crippen LogP contribution in [0.3, 0.4) is 0 Å². The molecule has 0 aliphatic heterocycles. The Morgan fingerprint density at radius 2 is 2.00 bits per heavy atom. The summed E-state index contributed by atoms with van der Waals surface area (Å²) in [6.45, 7) is 7.92. The molecule has 0 spiro atoms. The number of nitrogens with one attached hydrogen (secondary N) is 1. The van der Waals surface area contributed by atoms with Gasteiger partial charge in [0.15, 0.2) is 0 Å². The molecule has 1 nitrogen and oxygen atoms in total. The molecule has 0 radical (unpaired) electrons. The van der Waals surface area contributed by atoms with E-state index in [-0.39, 0.29) is 0 Å². The van der Waals surface area contributed by atoms with E-state index in [2.05, 4.69) is 38.2 Å². The summed E-state index contributed by atoms with van der Waals surface area (Å²) < 4.78 is 0. The maximum atomic E-state index is 3.69. The monoisotopic (exact) mass is 223 g/mol. The van der Waals surface area contributed by atoms with Crippen molar-refractivity contribution >= 4 is 11.3 Å². The van der Waals surface area contributed by atoms with Crippen molar-refractivity contribution in [1.29, 1.82) is 0 Å². The van der Waals surface area contributed by atoms with Crippen molar-refractivity contribution in [2.45, 2.75) is 52.1 Å². The van der Waals surface area contributed by atoms with Crippen molar-refractivity contribution in [1.82, 2.24) is 5.32 Å². The van der Waals surface area contributed by atoms with E-state index in [1.807, 2.05) is 11.3 Å². The Labute approximate surface area is 96.9 Å². The molecule has 0 bridgehead atoms. The Bertz CT molecular complexity index is 323. The highest BCUT2D eigenvalue weighted by Gasteiger charge is 2.37. The number of aryl methyl sites for hydroxylation is 1. The van der Waals surface area contributed by atoms with Crippen LogP contribution in [0.1, 0.15) is 43.4 Å². The molecule has 1 heterocycles. The van der Waals surface area contributed by atoms with E-state index in [0.29, 0.717) is 5.54 Å². The van der Waals surface area contributed by atoms with Gasteiger partial charge in [-0.05, 0) is 51.2 Å². The molecule has 0 unspecified atom stereocenters. The second-order valence-corrected chi connectivity index (χ2v) is 6.32. The highest BCUT2D eigenvalue weighted by atomic mass is 32.1. The summed E-state index contributed by atoms with van der Waals surface area (Å²) in [6, 6.07) is 4.52. The largest absolute Gasteiger partial charge is 0.307 e. The fourth-order valence-electron chi connectivity index (χ4n) is 1.97. The lowest BCUT2D eigenvalue weighted by Crippen LogP contribution is -2.40. The first-order valence-electron chi connectivity index (χ1n) is 5.94. The standard InChI is InChI=1S/C13H21NS/c1-4-11-7-8-12(15-11)9-14-13(2,3)10-5-6-10/h7-8,10,14H,4-6,9H2,1-3H3. The lowest BCUT2D eigenvalue weighted by atomic mass is 9.99. The minimum Gasteiger partial charge on any atom is -0.307 e. The molecule has 1 fully saturated rings. The Balaban J connectivity index is 1.86. The molecule has 0 atom stereocenters. The van der Waals surface area contributed by atoms with Crippen LogP contribution < -0.4 is 5.32 Å². The van der Waals surface area contributed by atoms with E-state index in [1.165, 1.54) is 22.6 Å². The van der Waals surface area contributed by atoms with Gasteiger partial charge in [0.2, 0.25) is 0 Å². The van der Waals surface area contributed by atoms with E-state index in [9.17, 15) is 0 Å². The molecule has 0 aromatic carbocycles. The molecule has 1 saturated carbocycles. The Kier molecular flexibility index (Phi) is 3.17. The van der Waals surface area contributed by atoms with Gasteiger partial charge in [0.05, 0.1) is 0 Å². The summed E-state index contributed by atoms with van der Waals surface area (Å²) in [5.41, 5.74) is 0.330. The average molecular weight is 223 g/mol. The zero-order chi connectivity index (χ0) is 10.9.